The SMILES string of the molecule is COc1ccc(C=C2N=C(c3ccc(NC(C)=O)cc3)OC2=O)cc1OCc1ccccc1. The van der Waals surface area contributed by atoms with Crippen LogP contribution < -0.4 is 14.8 Å². The molecule has 0 bridgehead atoms. The Hall–Kier alpha value is -4.39. The molecule has 1 heterocycles. The Labute approximate surface area is 191 Å². The summed E-state index contributed by atoms with van der Waals surface area (Å²) in [6, 6.07) is 22.1. The lowest BCUT2D eigenvalue weighted by molar-refractivity contribution is -0.129. The average Bonchev–Trinajstić information content (AvgIpc) is 3.18. The molecule has 0 atom stereocenters. The third kappa shape index (κ3) is 5.46. The van der Waals surface area contributed by atoms with Gasteiger partial charge < -0.3 is 19.5 Å². The molecule has 0 fully saturated rings. The normalized spacial score (nSPS) is 13.9. The van der Waals surface area contributed by atoms with Crippen LogP contribution >= 0.6 is 0 Å². The number of ether oxygens (including phenoxy) is 3. The first kappa shape index (κ1) is 21.8. The molecule has 33 heavy (non-hydrogen) atoms. The van der Waals surface area contributed by atoms with Gasteiger partial charge in [0, 0.05) is 18.2 Å². The zero-order valence-corrected chi connectivity index (χ0v) is 18.2. The summed E-state index contributed by atoms with van der Waals surface area (Å²) >= 11 is 0. The van der Waals surface area contributed by atoms with Crippen LogP contribution in [0.4, 0.5) is 5.69 Å². The number of anilines is 1. The second-order valence-electron chi connectivity index (χ2n) is 7.28. The lowest BCUT2D eigenvalue weighted by Gasteiger charge is -2.11. The highest BCUT2D eigenvalue weighted by Crippen LogP contribution is 2.30. The van der Waals surface area contributed by atoms with E-state index in [-0.39, 0.29) is 17.5 Å². The van der Waals surface area contributed by atoms with Gasteiger partial charge >= 0.3 is 5.97 Å². The quantitative estimate of drug-likeness (QED) is 0.428. The van der Waals surface area contributed by atoms with Crippen LogP contribution in [0.15, 0.2) is 83.5 Å². The maximum Gasteiger partial charge on any atom is 0.363 e. The predicted molar refractivity (Wildman–Crippen MR) is 125 cm³/mol. The van der Waals surface area contributed by atoms with E-state index in [1.54, 1.807) is 49.6 Å². The van der Waals surface area contributed by atoms with Crippen LogP contribution in [0.5, 0.6) is 11.5 Å². The number of nitrogens with one attached hydrogen (secondary N) is 1. The monoisotopic (exact) mass is 442 g/mol. The summed E-state index contributed by atoms with van der Waals surface area (Å²) in [6.07, 6.45) is 1.63. The Morgan fingerprint density at radius 1 is 1.03 bits per heavy atom. The van der Waals surface area contributed by atoms with Crippen LogP contribution in [0.3, 0.4) is 0 Å². The minimum atomic E-state index is -0.543. The lowest BCUT2D eigenvalue weighted by atomic mass is 10.1. The predicted octanol–water partition coefficient (Wildman–Crippen LogP) is 4.58. The molecule has 1 amide bonds. The van der Waals surface area contributed by atoms with Gasteiger partial charge in [-0.15, -0.1) is 0 Å². The number of nitrogens with zero attached hydrogens (tertiary/aromatic N) is 1. The molecular weight excluding hydrogens is 420 g/mol. The third-order valence-corrected chi connectivity index (χ3v) is 4.80. The van der Waals surface area contributed by atoms with Crippen molar-refractivity contribution in [1.29, 1.82) is 0 Å². The molecule has 4 rings (SSSR count). The fourth-order valence-electron chi connectivity index (χ4n) is 3.22. The standard InChI is InChI=1S/C26H22N2O5/c1-17(29)27-21-11-9-20(10-12-21)25-28-22(26(30)33-25)14-19-8-13-23(31-2)24(15-19)32-16-18-6-4-3-5-7-18/h3-15H,16H2,1-2H3,(H,27,29). The first-order chi connectivity index (χ1) is 16.0. The molecule has 1 aliphatic rings. The van der Waals surface area contributed by atoms with Crippen molar-refractivity contribution in [2.45, 2.75) is 13.5 Å². The summed E-state index contributed by atoms with van der Waals surface area (Å²) in [7, 11) is 1.57. The van der Waals surface area contributed by atoms with Crippen molar-refractivity contribution in [3.05, 3.63) is 95.2 Å². The zero-order valence-electron chi connectivity index (χ0n) is 18.2. The molecule has 3 aromatic rings. The molecule has 7 heteroatoms. The summed E-state index contributed by atoms with van der Waals surface area (Å²) in [4.78, 5) is 27.9. The number of methoxy groups -OCH3 is 1. The number of carbonyl (C=O) groups is 2. The summed E-state index contributed by atoms with van der Waals surface area (Å²) in [6.45, 7) is 1.82. The minimum Gasteiger partial charge on any atom is -0.493 e. The summed E-state index contributed by atoms with van der Waals surface area (Å²) in [5, 5.41) is 2.69. The van der Waals surface area contributed by atoms with E-state index in [0.29, 0.717) is 29.4 Å². The second kappa shape index (κ2) is 9.82. The molecule has 0 saturated carbocycles. The van der Waals surface area contributed by atoms with E-state index in [0.717, 1.165) is 11.1 Å². The zero-order chi connectivity index (χ0) is 23.2. The number of benzene rings is 3. The van der Waals surface area contributed by atoms with Crippen LogP contribution in [0.25, 0.3) is 6.08 Å². The largest absolute Gasteiger partial charge is 0.493 e. The maximum atomic E-state index is 12.4. The molecule has 0 spiro atoms. The van der Waals surface area contributed by atoms with Gasteiger partial charge in [0.15, 0.2) is 17.2 Å². The van der Waals surface area contributed by atoms with Crippen LogP contribution in [0.1, 0.15) is 23.6 Å². The summed E-state index contributed by atoms with van der Waals surface area (Å²) < 4.78 is 16.7. The molecule has 0 saturated heterocycles. The van der Waals surface area contributed by atoms with Gasteiger partial charge in [-0.05, 0) is 53.6 Å². The van der Waals surface area contributed by atoms with Gasteiger partial charge in [-0.25, -0.2) is 9.79 Å². The Kier molecular flexibility index (Phi) is 6.50. The van der Waals surface area contributed by atoms with Gasteiger partial charge in [0.1, 0.15) is 6.61 Å². The fourth-order valence-corrected chi connectivity index (χ4v) is 3.22. The Morgan fingerprint density at radius 2 is 1.79 bits per heavy atom. The number of aliphatic imine (C=N–C) groups is 1. The maximum absolute atomic E-state index is 12.4. The van der Waals surface area contributed by atoms with Crippen LogP contribution in [-0.4, -0.2) is 24.9 Å². The highest BCUT2D eigenvalue weighted by Gasteiger charge is 2.24. The van der Waals surface area contributed by atoms with Crippen LogP contribution in [0.2, 0.25) is 0 Å². The number of hydrogen-bond acceptors (Lipinski definition) is 6. The molecule has 166 valence electrons. The smallest absolute Gasteiger partial charge is 0.363 e. The molecule has 1 N–H and O–H groups in total. The minimum absolute atomic E-state index is 0.163. The Balaban J connectivity index is 1.54. The van der Waals surface area contributed by atoms with Crippen molar-refractivity contribution in [3.63, 3.8) is 0 Å². The molecular formula is C26H22N2O5. The van der Waals surface area contributed by atoms with Gasteiger partial charge in [-0.1, -0.05) is 36.4 Å². The van der Waals surface area contributed by atoms with E-state index in [1.807, 2.05) is 36.4 Å². The highest BCUT2D eigenvalue weighted by atomic mass is 16.6. The molecule has 7 nitrogen and oxygen atoms in total. The molecule has 0 aliphatic carbocycles. The molecule has 0 unspecified atom stereocenters. The summed E-state index contributed by atoms with van der Waals surface area (Å²) in [5.41, 5.74) is 3.20. The van der Waals surface area contributed by atoms with Crippen molar-refractivity contribution >= 4 is 29.5 Å². The van der Waals surface area contributed by atoms with Crippen molar-refractivity contribution in [3.8, 4) is 11.5 Å². The number of cyclic esters (lactones) is 1. The van der Waals surface area contributed by atoms with E-state index in [2.05, 4.69) is 10.3 Å². The van der Waals surface area contributed by atoms with Crippen molar-refractivity contribution in [1.82, 2.24) is 0 Å². The van der Waals surface area contributed by atoms with Crippen LogP contribution in [-0.2, 0) is 20.9 Å². The molecule has 1 aliphatic heterocycles. The second-order valence-corrected chi connectivity index (χ2v) is 7.28. The van der Waals surface area contributed by atoms with Gasteiger partial charge in [0.25, 0.3) is 0 Å². The number of hydrogen-bond donors (Lipinski definition) is 1. The number of rotatable bonds is 7. The van der Waals surface area contributed by atoms with Crippen molar-refractivity contribution in [2.75, 3.05) is 12.4 Å². The summed E-state index contributed by atoms with van der Waals surface area (Å²) in [5.74, 6) is 0.641. The number of esters is 1. The fraction of sp³-hybridized carbons (Fsp3) is 0.115. The molecule has 3 aromatic carbocycles. The van der Waals surface area contributed by atoms with Gasteiger partial charge in [0.2, 0.25) is 11.8 Å². The van der Waals surface area contributed by atoms with Gasteiger partial charge in [-0.2, -0.15) is 0 Å². The lowest BCUT2D eigenvalue weighted by Crippen LogP contribution is -2.07. The van der Waals surface area contributed by atoms with Crippen molar-refractivity contribution in [2.24, 2.45) is 4.99 Å². The highest BCUT2D eigenvalue weighted by molar-refractivity contribution is 6.13. The Morgan fingerprint density at radius 3 is 2.48 bits per heavy atom. The Bertz CT molecular complexity index is 1230. The first-order valence-electron chi connectivity index (χ1n) is 10.3. The van der Waals surface area contributed by atoms with Gasteiger partial charge in [-0.3, -0.25) is 4.79 Å². The molecule has 0 aromatic heterocycles. The molecule has 0 radical (unpaired) electrons. The van der Waals surface area contributed by atoms with Gasteiger partial charge in [0.05, 0.1) is 7.11 Å². The average molecular weight is 442 g/mol. The first-order valence-corrected chi connectivity index (χ1v) is 10.3. The van der Waals surface area contributed by atoms with Crippen molar-refractivity contribution < 1.29 is 23.8 Å². The van der Waals surface area contributed by atoms with E-state index >= 15 is 0 Å². The third-order valence-electron chi connectivity index (χ3n) is 4.80. The number of amides is 1. The number of carbonyl (C=O) groups excluding carboxylic acids is 2. The van der Waals surface area contributed by atoms with E-state index in [1.165, 1.54) is 6.92 Å². The van der Waals surface area contributed by atoms with Crippen LogP contribution in [0, 0.1) is 0 Å². The topological polar surface area (TPSA) is 86.2 Å². The van der Waals surface area contributed by atoms with E-state index < -0.39 is 5.97 Å². The van der Waals surface area contributed by atoms with E-state index in [4.69, 9.17) is 14.2 Å². The van der Waals surface area contributed by atoms with E-state index in [9.17, 15) is 9.59 Å².